The number of nitrogens with zero attached hydrogens (tertiary/aromatic N) is 3. The number of alkyl halides is 3. The van der Waals surface area contributed by atoms with Gasteiger partial charge >= 0.3 is 11.9 Å². The Bertz CT molecular complexity index is 1150. The summed E-state index contributed by atoms with van der Waals surface area (Å²) in [5.74, 6) is -0.390. The van der Waals surface area contributed by atoms with Crippen molar-refractivity contribution in [1.29, 1.82) is 0 Å². The molecule has 3 rings (SSSR count). The Labute approximate surface area is 191 Å². The van der Waals surface area contributed by atoms with Crippen LogP contribution in [-0.2, 0) is 28.8 Å². The van der Waals surface area contributed by atoms with Crippen molar-refractivity contribution in [3.05, 3.63) is 62.3 Å². The van der Waals surface area contributed by atoms with E-state index < -0.39 is 23.3 Å². The highest BCUT2D eigenvalue weighted by atomic mass is 35.5. The maximum atomic E-state index is 13.0. The van der Waals surface area contributed by atoms with Crippen molar-refractivity contribution in [2.45, 2.75) is 38.5 Å². The highest BCUT2D eigenvalue weighted by molar-refractivity contribution is 7.19. The molecule has 0 aliphatic carbocycles. The molecular formula is C21H21ClF3N3O3S. The van der Waals surface area contributed by atoms with Crippen LogP contribution < -0.4 is 5.69 Å². The zero-order valence-electron chi connectivity index (χ0n) is 17.4. The number of carbonyl (C=O) groups is 1. The summed E-state index contributed by atoms with van der Waals surface area (Å²) < 4.78 is 47.0. The van der Waals surface area contributed by atoms with E-state index in [0.29, 0.717) is 20.6 Å². The van der Waals surface area contributed by atoms with Gasteiger partial charge in [-0.25, -0.2) is 9.48 Å². The minimum atomic E-state index is -4.46. The smallest absolute Gasteiger partial charge is 0.383 e. The van der Waals surface area contributed by atoms with Gasteiger partial charge < -0.3 is 4.74 Å². The zero-order chi connectivity index (χ0) is 23.5. The number of Topliss-reactive ketones (excluding diaryl/α,β-unsaturated/α-hetero) is 1. The number of hydrogen-bond acceptors (Lipinski definition) is 5. The van der Waals surface area contributed by atoms with Crippen molar-refractivity contribution in [3.8, 4) is 10.7 Å². The molecule has 0 aliphatic rings. The van der Waals surface area contributed by atoms with Crippen LogP contribution in [0.5, 0.6) is 0 Å². The van der Waals surface area contributed by atoms with Crippen LogP contribution in [0.1, 0.15) is 30.4 Å². The summed E-state index contributed by atoms with van der Waals surface area (Å²) in [6.45, 7) is 1.91. The highest BCUT2D eigenvalue weighted by Gasteiger charge is 2.31. The number of thiophene rings is 1. The van der Waals surface area contributed by atoms with Gasteiger partial charge in [0.1, 0.15) is 6.54 Å². The van der Waals surface area contributed by atoms with E-state index in [4.69, 9.17) is 16.3 Å². The van der Waals surface area contributed by atoms with E-state index in [0.717, 1.165) is 16.8 Å². The van der Waals surface area contributed by atoms with Crippen molar-refractivity contribution in [1.82, 2.24) is 14.3 Å². The first kappa shape index (κ1) is 24.2. The second kappa shape index (κ2) is 10.0. The van der Waals surface area contributed by atoms with Gasteiger partial charge in [0, 0.05) is 13.5 Å². The second-order valence-electron chi connectivity index (χ2n) is 7.28. The molecule has 11 heteroatoms. The van der Waals surface area contributed by atoms with E-state index in [9.17, 15) is 22.8 Å². The van der Waals surface area contributed by atoms with Crippen LogP contribution in [0, 0.1) is 0 Å². The molecule has 0 N–H and O–H groups in total. The van der Waals surface area contributed by atoms with Crippen LogP contribution in [0.25, 0.3) is 10.7 Å². The lowest BCUT2D eigenvalue weighted by Gasteiger charge is -2.14. The van der Waals surface area contributed by atoms with E-state index in [1.807, 2.05) is 0 Å². The fourth-order valence-corrected chi connectivity index (χ4v) is 4.29. The summed E-state index contributed by atoms with van der Waals surface area (Å²) in [4.78, 5) is 26.1. The molecule has 0 fully saturated rings. The van der Waals surface area contributed by atoms with Gasteiger partial charge in [0.25, 0.3) is 0 Å². The number of ether oxygens (including phenoxy) is 1. The van der Waals surface area contributed by atoms with Gasteiger partial charge in [-0.2, -0.15) is 13.2 Å². The number of carbonyl (C=O) groups excluding carboxylic acids is 1. The number of aromatic nitrogens is 3. The summed E-state index contributed by atoms with van der Waals surface area (Å²) in [5.41, 5.74) is -0.830. The molecule has 0 unspecified atom stereocenters. The van der Waals surface area contributed by atoms with Crippen LogP contribution in [0.4, 0.5) is 13.2 Å². The van der Waals surface area contributed by atoms with Crippen LogP contribution in [-0.4, -0.2) is 33.8 Å². The Morgan fingerprint density at radius 2 is 2.03 bits per heavy atom. The Morgan fingerprint density at radius 3 is 2.66 bits per heavy atom. The predicted molar refractivity (Wildman–Crippen MR) is 116 cm³/mol. The molecule has 1 atom stereocenters. The Hall–Kier alpha value is -2.43. The summed E-state index contributed by atoms with van der Waals surface area (Å²) >= 11 is 7.25. The zero-order valence-corrected chi connectivity index (χ0v) is 18.9. The molecule has 32 heavy (non-hydrogen) atoms. The molecule has 0 radical (unpaired) electrons. The fraction of sp³-hybridized carbons (Fsp3) is 0.381. The average molecular weight is 488 g/mol. The van der Waals surface area contributed by atoms with Crippen molar-refractivity contribution in [3.63, 3.8) is 0 Å². The summed E-state index contributed by atoms with van der Waals surface area (Å²) in [6.07, 6.45) is -4.48. The number of rotatable bonds is 9. The number of halogens is 4. The first-order chi connectivity index (χ1) is 15.1. The minimum Gasteiger partial charge on any atom is -0.383 e. The Balaban J connectivity index is 1.79. The first-order valence-corrected chi connectivity index (χ1v) is 10.9. The molecule has 1 aromatic carbocycles. The van der Waals surface area contributed by atoms with Crippen LogP contribution in [0.3, 0.4) is 0 Å². The Morgan fingerprint density at radius 1 is 1.28 bits per heavy atom. The molecule has 0 spiro atoms. The van der Waals surface area contributed by atoms with Crippen molar-refractivity contribution < 1.29 is 22.7 Å². The van der Waals surface area contributed by atoms with E-state index >= 15 is 0 Å². The van der Waals surface area contributed by atoms with Crippen molar-refractivity contribution in [2.24, 2.45) is 0 Å². The second-order valence-corrected chi connectivity index (χ2v) is 8.99. The quantitative estimate of drug-likeness (QED) is 0.432. The van der Waals surface area contributed by atoms with Crippen molar-refractivity contribution in [2.75, 3.05) is 13.7 Å². The summed E-state index contributed by atoms with van der Waals surface area (Å²) in [7, 11) is 1.51. The van der Waals surface area contributed by atoms with Gasteiger partial charge in [-0.15, -0.1) is 16.4 Å². The third-order valence-corrected chi connectivity index (χ3v) is 6.11. The van der Waals surface area contributed by atoms with E-state index in [2.05, 4.69) is 5.10 Å². The first-order valence-electron chi connectivity index (χ1n) is 9.71. The van der Waals surface area contributed by atoms with E-state index in [1.54, 1.807) is 25.1 Å². The molecular weight excluding hydrogens is 467 g/mol. The normalized spacial score (nSPS) is 12.8. The van der Waals surface area contributed by atoms with Crippen LogP contribution in [0.15, 0.2) is 41.2 Å². The van der Waals surface area contributed by atoms with Gasteiger partial charge in [0.2, 0.25) is 0 Å². The summed E-state index contributed by atoms with van der Waals surface area (Å²) in [6, 6.07) is 8.33. The molecule has 3 aromatic rings. The third kappa shape index (κ3) is 5.67. The molecule has 0 saturated heterocycles. The van der Waals surface area contributed by atoms with E-state index in [-0.39, 0.29) is 31.9 Å². The molecule has 0 amide bonds. The molecule has 0 saturated carbocycles. The SMILES string of the molecule is COCCn1c(-c2ccc(Cl)s2)nn(CC(=O)C[C@@H](C)c2cccc(C(F)(F)F)c2)c1=O. The molecule has 172 valence electrons. The van der Waals surface area contributed by atoms with Gasteiger partial charge in [-0.3, -0.25) is 9.36 Å². The molecule has 6 nitrogen and oxygen atoms in total. The minimum absolute atomic E-state index is 0.0289. The predicted octanol–water partition coefficient (Wildman–Crippen LogP) is 4.85. The fourth-order valence-electron chi connectivity index (χ4n) is 3.26. The lowest BCUT2D eigenvalue weighted by atomic mass is 9.94. The van der Waals surface area contributed by atoms with Gasteiger partial charge in [0.05, 0.1) is 27.9 Å². The van der Waals surface area contributed by atoms with Crippen LogP contribution in [0.2, 0.25) is 4.34 Å². The van der Waals surface area contributed by atoms with Crippen molar-refractivity contribution >= 4 is 28.7 Å². The van der Waals surface area contributed by atoms with E-state index in [1.165, 1.54) is 29.1 Å². The highest BCUT2D eigenvalue weighted by Crippen LogP contribution is 2.32. The number of benzene rings is 1. The monoisotopic (exact) mass is 487 g/mol. The number of methoxy groups -OCH3 is 1. The average Bonchev–Trinajstić information content (AvgIpc) is 3.29. The maximum Gasteiger partial charge on any atom is 0.416 e. The molecule has 0 aliphatic heterocycles. The lowest BCUT2D eigenvalue weighted by molar-refractivity contribution is -0.137. The van der Waals surface area contributed by atoms with Gasteiger partial charge in [-0.1, -0.05) is 36.7 Å². The number of hydrogen-bond donors (Lipinski definition) is 0. The summed E-state index contributed by atoms with van der Waals surface area (Å²) in [5, 5.41) is 4.31. The lowest BCUT2D eigenvalue weighted by Crippen LogP contribution is -2.29. The standard InChI is InChI=1S/C21H21ClF3N3O3S/c1-13(14-4-3-5-15(11-14)21(23,24)25)10-16(29)12-28-20(30)27(8-9-31-2)19(26-28)17-6-7-18(22)32-17/h3-7,11,13H,8-10,12H2,1-2H3/t13-/m1/s1. The Kier molecular flexibility index (Phi) is 7.58. The molecule has 2 heterocycles. The third-order valence-electron chi connectivity index (χ3n) is 4.88. The molecule has 0 bridgehead atoms. The number of ketones is 1. The maximum absolute atomic E-state index is 13.0. The largest absolute Gasteiger partial charge is 0.416 e. The molecule has 2 aromatic heterocycles. The van der Waals surface area contributed by atoms with Gasteiger partial charge in [0.15, 0.2) is 11.6 Å². The topological polar surface area (TPSA) is 66.1 Å². The van der Waals surface area contributed by atoms with Crippen LogP contribution >= 0.6 is 22.9 Å². The van der Waals surface area contributed by atoms with Gasteiger partial charge in [-0.05, 0) is 29.7 Å².